The smallest absolute Gasteiger partial charge is 0.119 e. The maximum absolute atomic E-state index is 6.05. The highest BCUT2D eigenvalue weighted by molar-refractivity contribution is 6.30. The number of benzene rings is 1. The molecule has 2 N–H and O–H groups in total. The summed E-state index contributed by atoms with van der Waals surface area (Å²) in [6.45, 7) is 2.98. The summed E-state index contributed by atoms with van der Waals surface area (Å²) in [7, 11) is 2.20. The van der Waals surface area contributed by atoms with E-state index in [0.717, 1.165) is 42.8 Å². The number of hydrogen-bond donors (Lipinski definition) is 1. The number of halogens is 3. The first-order valence-electron chi connectivity index (χ1n) is 7.96. The highest BCUT2D eigenvalue weighted by Gasteiger charge is 2.20. The van der Waals surface area contributed by atoms with E-state index in [0.29, 0.717) is 6.04 Å². The predicted molar refractivity (Wildman–Crippen MR) is 103 cm³/mol. The molecule has 1 fully saturated rings. The molecule has 6 heteroatoms. The van der Waals surface area contributed by atoms with Crippen LogP contribution in [0.4, 0.5) is 0 Å². The minimum Gasteiger partial charge on any atom is -0.494 e. The highest BCUT2D eigenvalue weighted by Crippen LogP contribution is 2.23. The van der Waals surface area contributed by atoms with Crippen LogP contribution in [-0.4, -0.2) is 37.7 Å². The van der Waals surface area contributed by atoms with Gasteiger partial charge >= 0.3 is 0 Å². The normalized spacial score (nSPS) is 20.5. The highest BCUT2D eigenvalue weighted by atomic mass is 35.5. The molecule has 0 bridgehead atoms. The molecule has 0 aliphatic heterocycles. The molecule has 1 aromatic rings. The number of ether oxygens (including phenoxy) is 1. The first-order chi connectivity index (χ1) is 10.1. The molecular weight excluding hydrogens is 355 g/mol. The SMILES string of the molecule is CN(CCCOc1ccc(Cl)cc1)C[C@@H]1CCC[C@H](N)C1.Cl.Cl. The van der Waals surface area contributed by atoms with Gasteiger partial charge in [-0.15, -0.1) is 24.8 Å². The third-order valence-corrected chi connectivity index (χ3v) is 4.41. The summed E-state index contributed by atoms with van der Waals surface area (Å²) < 4.78 is 5.71. The van der Waals surface area contributed by atoms with Crippen molar-refractivity contribution < 1.29 is 4.74 Å². The monoisotopic (exact) mass is 382 g/mol. The van der Waals surface area contributed by atoms with Gasteiger partial charge in [-0.3, -0.25) is 0 Å². The van der Waals surface area contributed by atoms with Crippen LogP contribution in [0.25, 0.3) is 0 Å². The van der Waals surface area contributed by atoms with Crippen molar-refractivity contribution in [3.8, 4) is 5.75 Å². The summed E-state index contributed by atoms with van der Waals surface area (Å²) in [6.07, 6.45) is 6.05. The van der Waals surface area contributed by atoms with E-state index in [-0.39, 0.29) is 24.8 Å². The molecule has 134 valence electrons. The average Bonchev–Trinajstić information content (AvgIpc) is 2.45. The van der Waals surface area contributed by atoms with E-state index in [1.165, 1.54) is 25.7 Å². The second-order valence-corrected chi connectivity index (χ2v) is 6.65. The van der Waals surface area contributed by atoms with Crippen LogP contribution in [-0.2, 0) is 0 Å². The number of rotatable bonds is 7. The van der Waals surface area contributed by atoms with Gasteiger partial charge in [-0.2, -0.15) is 0 Å². The first kappa shape index (κ1) is 22.8. The van der Waals surface area contributed by atoms with Gasteiger partial charge in [-0.1, -0.05) is 18.0 Å². The Hall–Kier alpha value is -0.190. The number of nitrogens with zero attached hydrogens (tertiary/aromatic N) is 1. The molecule has 1 aliphatic rings. The molecule has 0 radical (unpaired) electrons. The molecule has 0 unspecified atom stereocenters. The van der Waals surface area contributed by atoms with Gasteiger partial charge in [0.2, 0.25) is 0 Å². The molecule has 2 atom stereocenters. The number of nitrogens with two attached hydrogens (primary N) is 1. The summed E-state index contributed by atoms with van der Waals surface area (Å²) >= 11 is 5.85. The van der Waals surface area contributed by atoms with Gasteiger partial charge in [0.05, 0.1) is 6.61 Å². The van der Waals surface area contributed by atoms with Crippen LogP contribution >= 0.6 is 36.4 Å². The molecule has 0 spiro atoms. The fraction of sp³-hybridized carbons (Fsp3) is 0.647. The van der Waals surface area contributed by atoms with Crippen LogP contribution in [0.5, 0.6) is 5.75 Å². The molecule has 0 aromatic heterocycles. The third kappa shape index (κ3) is 9.02. The maximum atomic E-state index is 6.05. The van der Waals surface area contributed by atoms with Crippen molar-refractivity contribution in [3.05, 3.63) is 29.3 Å². The van der Waals surface area contributed by atoms with Crippen molar-refractivity contribution in [1.29, 1.82) is 0 Å². The van der Waals surface area contributed by atoms with Crippen molar-refractivity contribution in [2.45, 2.75) is 38.1 Å². The zero-order valence-corrected chi connectivity index (χ0v) is 16.1. The summed E-state index contributed by atoms with van der Waals surface area (Å²) in [6, 6.07) is 7.96. The minimum atomic E-state index is 0. The van der Waals surface area contributed by atoms with Gasteiger partial charge in [0.15, 0.2) is 0 Å². The Morgan fingerprint density at radius 3 is 2.57 bits per heavy atom. The summed E-state index contributed by atoms with van der Waals surface area (Å²) in [4.78, 5) is 2.41. The van der Waals surface area contributed by atoms with Crippen LogP contribution < -0.4 is 10.5 Å². The molecule has 0 saturated heterocycles. The lowest BCUT2D eigenvalue weighted by molar-refractivity contribution is 0.206. The topological polar surface area (TPSA) is 38.5 Å². The van der Waals surface area contributed by atoms with E-state index >= 15 is 0 Å². The van der Waals surface area contributed by atoms with Crippen molar-refractivity contribution >= 4 is 36.4 Å². The second kappa shape index (κ2) is 12.2. The second-order valence-electron chi connectivity index (χ2n) is 6.21. The number of hydrogen-bond acceptors (Lipinski definition) is 3. The molecule has 1 aliphatic carbocycles. The quantitative estimate of drug-likeness (QED) is 0.709. The van der Waals surface area contributed by atoms with Crippen molar-refractivity contribution in [1.82, 2.24) is 4.90 Å². The predicted octanol–water partition coefficient (Wildman–Crippen LogP) is 4.40. The van der Waals surface area contributed by atoms with Crippen LogP contribution in [0, 0.1) is 5.92 Å². The summed E-state index contributed by atoms with van der Waals surface area (Å²) in [5, 5.41) is 0.743. The molecule has 23 heavy (non-hydrogen) atoms. The Labute approximate surface area is 157 Å². The van der Waals surface area contributed by atoms with Gasteiger partial charge < -0.3 is 15.4 Å². The van der Waals surface area contributed by atoms with Gasteiger partial charge in [0.1, 0.15) is 5.75 Å². The van der Waals surface area contributed by atoms with E-state index in [1.807, 2.05) is 24.3 Å². The lowest BCUT2D eigenvalue weighted by Gasteiger charge is -2.30. The molecule has 1 saturated carbocycles. The Kier molecular flexibility index (Phi) is 12.1. The summed E-state index contributed by atoms with van der Waals surface area (Å²) in [5.74, 6) is 1.66. The van der Waals surface area contributed by atoms with E-state index in [9.17, 15) is 0 Å². The summed E-state index contributed by atoms with van der Waals surface area (Å²) in [5.41, 5.74) is 6.05. The third-order valence-electron chi connectivity index (χ3n) is 4.16. The van der Waals surface area contributed by atoms with E-state index < -0.39 is 0 Å². The standard InChI is InChI=1S/C17H27ClN2O.2ClH/c1-20(13-14-4-2-5-16(19)12-14)10-3-11-21-17-8-6-15(18)7-9-17;;/h6-9,14,16H,2-5,10-13,19H2,1H3;2*1H/t14-,16+;;/m1../s1. The zero-order valence-electron chi connectivity index (χ0n) is 13.7. The Morgan fingerprint density at radius 2 is 1.91 bits per heavy atom. The van der Waals surface area contributed by atoms with Crippen molar-refractivity contribution in [2.24, 2.45) is 11.7 Å². The first-order valence-corrected chi connectivity index (χ1v) is 8.34. The molecule has 0 amide bonds. The lowest BCUT2D eigenvalue weighted by atomic mass is 9.86. The fourth-order valence-electron chi connectivity index (χ4n) is 3.09. The molecule has 0 heterocycles. The van der Waals surface area contributed by atoms with Crippen molar-refractivity contribution in [3.63, 3.8) is 0 Å². The Morgan fingerprint density at radius 1 is 1.22 bits per heavy atom. The Bertz CT molecular complexity index is 417. The molecule has 1 aromatic carbocycles. The van der Waals surface area contributed by atoms with Crippen LogP contribution in [0.3, 0.4) is 0 Å². The van der Waals surface area contributed by atoms with Crippen molar-refractivity contribution in [2.75, 3.05) is 26.7 Å². The Balaban J connectivity index is 0.00000242. The molecule has 2 rings (SSSR count). The van der Waals surface area contributed by atoms with Crippen LogP contribution in [0.2, 0.25) is 5.02 Å². The van der Waals surface area contributed by atoms with Gasteiger partial charge in [-0.05, 0) is 62.9 Å². The van der Waals surface area contributed by atoms with Gasteiger partial charge in [0.25, 0.3) is 0 Å². The molecule has 3 nitrogen and oxygen atoms in total. The van der Waals surface area contributed by atoms with E-state index in [1.54, 1.807) is 0 Å². The largest absolute Gasteiger partial charge is 0.494 e. The van der Waals surface area contributed by atoms with Gasteiger partial charge in [-0.25, -0.2) is 0 Å². The maximum Gasteiger partial charge on any atom is 0.119 e. The minimum absolute atomic E-state index is 0. The fourth-order valence-corrected chi connectivity index (χ4v) is 3.21. The zero-order chi connectivity index (χ0) is 15.1. The average molecular weight is 384 g/mol. The molecular formula is C17H29Cl3N2O. The van der Waals surface area contributed by atoms with Crippen LogP contribution in [0.1, 0.15) is 32.1 Å². The van der Waals surface area contributed by atoms with E-state index in [2.05, 4.69) is 11.9 Å². The van der Waals surface area contributed by atoms with Crippen LogP contribution in [0.15, 0.2) is 24.3 Å². The van der Waals surface area contributed by atoms with Gasteiger partial charge in [0, 0.05) is 24.2 Å². The van der Waals surface area contributed by atoms with E-state index in [4.69, 9.17) is 22.1 Å². The lowest BCUT2D eigenvalue weighted by Crippen LogP contribution is -2.34.